The van der Waals surface area contributed by atoms with Gasteiger partial charge in [-0.05, 0) is 35.4 Å². The number of pyridine rings is 1. The minimum atomic E-state index is -0.217. The zero-order chi connectivity index (χ0) is 14.9. The maximum Gasteiger partial charge on any atom is 0.123 e. The molecule has 22 heavy (non-hydrogen) atoms. The Labute approximate surface area is 126 Å². The van der Waals surface area contributed by atoms with Gasteiger partial charge in [0.15, 0.2) is 0 Å². The second kappa shape index (κ2) is 5.11. The Kier molecular flexibility index (Phi) is 2.97. The number of halogens is 1. The number of nitrogens with one attached hydrogen (secondary N) is 1. The van der Waals surface area contributed by atoms with E-state index >= 15 is 0 Å². The van der Waals surface area contributed by atoms with Crippen molar-refractivity contribution in [2.45, 2.75) is 0 Å². The molecule has 4 aromatic rings. The van der Waals surface area contributed by atoms with Crippen LogP contribution in [-0.4, -0.2) is 9.97 Å². The number of H-pyrrole nitrogens is 1. The van der Waals surface area contributed by atoms with Crippen LogP contribution < -0.4 is 0 Å². The Morgan fingerprint density at radius 1 is 0.818 bits per heavy atom. The molecule has 0 aliphatic rings. The van der Waals surface area contributed by atoms with Crippen molar-refractivity contribution in [1.82, 2.24) is 9.97 Å². The summed E-state index contributed by atoms with van der Waals surface area (Å²) in [6.07, 6.45) is 7.66. The van der Waals surface area contributed by atoms with Crippen molar-refractivity contribution in [3.63, 3.8) is 0 Å². The summed E-state index contributed by atoms with van der Waals surface area (Å²) < 4.78 is 12.9. The van der Waals surface area contributed by atoms with Gasteiger partial charge in [0.05, 0.1) is 0 Å². The number of aromatic nitrogens is 2. The van der Waals surface area contributed by atoms with Crippen molar-refractivity contribution in [3.05, 3.63) is 77.9 Å². The molecule has 0 saturated carbocycles. The van der Waals surface area contributed by atoms with E-state index in [1.54, 1.807) is 18.3 Å². The van der Waals surface area contributed by atoms with Gasteiger partial charge in [-0.3, -0.25) is 4.98 Å². The van der Waals surface area contributed by atoms with Crippen LogP contribution in [0.4, 0.5) is 4.39 Å². The third kappa shape index (κ3) is 2.27. The van der Waals surface area contributed by atoms with Crippen LogP contribution in [0, 0.1) is 5.82 Å². The van der Waals surface area contributed by atoms with Crippen molar-refractivity contribution in [1.29, 1.82) is 0 Å². The normalized spacial score (nSPS) is 11.7. The van der Waals surface area contributed by atoms with Crippen LogP contribution >= 0.6 is 0 Å². The molecule has 0 aliphatic carbocycles. The Balaban J connectivity index is 1.73. The molecular formula is C19H13FN2. The molecule has 2 heterocycles. The van der Waals surface area contributed by atoms with Gasteiger partial charge in [-0.1, -0.05) is 36.4 Å². The maximum atomic E-state index is 12.9. The average Bonchev–Trinajstić information content (AvgIpc) is 2.92. The molecule has 0 aliphatic heterocycles. The quantitative estimate of drug-likeness (QED) is 0.515. The van der Waals surface area contributed by atoms with Crippen molar-refractivity contribution in [3.8, 4) is 0 Å². The summed E-state index contributed by atoms with van der Waals surface area (Å²) in [5.74, 6) is -0.217. The number of benzene rings is 2. The number of fused-ring (bicyclic) bond motifs is 3. The average molecular weight is 288 g/mol. The summed E-state index contributed by atoms with van der Waals surface area (Å²) in [7, 11) is 0. The maximum absolute atomic E-state index is 12.9. The summed E-state index contributed by atoms with van der Waals surface area (Å²) in [5.41, 5.74) is 4.24. The lowest BCUT2D eigenvalue weighted by Gasteiger charge is -1.96. The molecule has 0 amide bonds. The van der Waals surface area contributed by atoms with Crippen LogP contribution in [-0.2, 0) is 0 Å². The molecule has 4 rings (SSSR count). The molecule has 0 radical (unpaired) electrons. The highest BCUT2D eigenvalue weighted by atomic mass is 19.1. The predicted octanol–water partition coefficient (Wildman–Crippen LogP) is 5.03. The molecule has 2 aromatic carbocycles. The molecule has 0 unspecified atom stereocenters. The summed E-state index contributed by atoms with van der Waals surface area (Å²) in [6, 6.07) is 14.7. The van der Waals surface area contributed by atoms with Gasteiger partial charge in [0.2, 0.25) is 0 Å². The molecule has 0 spiro atoms. The SMILES string of the molecule is Fc1ccc(/C=C/c2ccc3c(c2)[nH]c2ccncc23)cc1. The lowest BCUT2D eigenvalue weighted by Crippen LogP contribution is -1.76. The first-order chi connectivity index (χ1) is 10.8. The van der Waals surface area contributed by atoms with Crippen molar-refractivity contribution < 1.29 is 4.39 Å². The molecule has 2 nitrogen and oxygen atoms in total. The molecular weight excluding hydrogens is 275 g/mol. The number of rotatable bonds is 2. The van der Waals surface area contributed by atoms with E-state index in [1.807, 2.05) is 24.4 Å². The topological polar surface area (TPSA) is 28.7 Å². The van der Waals surface area contributed by atoms with E-state index < -0.39 is 0 Å². The fourth-order valence-corrected chi connectivity index (χ4v) is 2.63. The van der Waals surface area contributed by atoms with E-state index in [0.717, 1.165) is 27.5 Å². The first-order valence-electron chi connectivity index (χ1n) is 7.09. The lowest BCUT2D eigenvalue weighted by atomic mass is 10.1. The van der Waals surface area contributed by atoms with Gasteiger partial charge in [0, 0.05) is 34.2 Å². The summed E-state index contributed by atoms with van der Waals surface area (Å²) in [4.78, 5) is 7.58. The van der Waals surface area contributed by atoms with Crippen LogP contribution in [0.5, 0.6) is 0 Å². The smallest absolute Gasteiger partial charge is 0.123 e. The van der Waals surface area contributed by atoms with Crippen LogP contribution in [0.15, 0.2) is 60.9 Å². The van der Waals surface area contributed by atoms with E-state index in [1.165, 1.54) is 17.5 Å². The first-order valence-corrected chi connectivity index (χ1v) is 7.09. The monoisotopic (exact) mass is 288 g/mol. The van der Waals surface area contributed by atoms with E-state index in [9.17, 15) is 4.39 Å². The molecule has 2 aromatic heterocycles. The van der Waals surface area contributed by atoms with Gasteiger partial charge in [-0.25, -0.2) is 4.39 Å². The third-order valence-corrected chi connectivity index (χ3v) is 3.76. The fraction of sp³-hybridized carbons (Fsp3) is 0. The Hall–Kier alpha value is -2.94. The molecule has 0 fully saturated rings. The highest BCUT2D eigenvalue weighted by molar-refractivity contribution is 6.07. The van der Waals surface area contributed by atoms with Crippen molar-refractivity contribution in [2.75, 3.05) is 0 Å². The van der Waals surface area contributed by atoms with E-state index in [-0.39, 0.29) is 5.82 Å². The molecule has 106 valence electrons. The lowest BCUT2D eigenvalue weighted by molar-refractivity contribution is 0.628. The Morgan fingerprint density at radius 3 is 2.45 bits per heavy atom. The first kappa shape index (κ1) is 12.8. The van der Waals surface area contributed by atoms with Gasteiger partial charge in [-0.15, -0.1) is 0 Å². The summed E-state index contributed by atoms with van der Waals surface area (Å²) in [6.45, 7) is 0. The van der Waals surface area contributed by atoms with Crippen LogP contribution in [0.1, 0.15) is 11.1 Å². The van der Waals surface area contributed by atoms with Crippen molar-refractivity contribution >= 4 is 34.0 Å². The molecule has 3 heteroatoms. The number of nitrogens with zero attached hydrogens (tertiary/aromatic N) is 1. The van der Waals surface area contributed by atoms with Crippen molar-refractivity contribution in [2.24, 2.45) is 0 Å². The van der Waals surface area contributed by atoms with E-state index in [2.05, 4.69) is 28.2 Å². The highest BCUT2D eigenvalue weighted by Gasteiger charge is 2.03. The molecule has 0 bridgehead atoms. The second-order valence-corrected chi connectivity index (χ2v) is 5.24. The van der Waals surface area contributed by atoms with Gasteiger partial charge in [-0.2, -0.15) is 0 Å². The molecule has 0 atom stereocenters. The molecule has 1 N–H and O–H groups in total. The number of hydrogen-bond acceptors (Lipinski definition) is 1. The van der Waals surface area contributed by atoms with Gasteiger partial charge in [0.1, 0.15) is 5.82 Å². The van der Waals surface area contributed by atoms with Crippen LogP contribution in [0.3, 0.4) is 0 Å². The minimum Gasteiger partial charge on any atom is -0.354 e. The third-order valence-electron chi connectivity index (χ3n) is 3.76. The fourth-order valence-electron chi connectivity index (χ4n) is 2.63. The number of aromatic amines is 1. The standard InChI is InChI=1S/C19H13FN2/c20-15-6-3-13(4-7-15)1-2-14-5-8-16-17-12-21-10-9-18(17)22-19(16)11-14/h1-12,22H/b2-1+. The Morgan fingerprint density at radius 2 is 1.59 bits per heavy atom. The zero-order valence-corrected chi connectivity index (χ0v) is 11.8. The second-order valence-electron chi connectivity index (χ2n) is 5.24. The van der Waals surface area contributed by atoms with Crippen LogP contribution in [0.25, 0.3) is 34.0 Å². The van der Waals surface area contributed by atoms with Gasteiger partial charge < -0.3 is 4.98 Å². The summed E-state index contributed by atoms with van der Waals surface area (Å²) in [5, 5.41) is 2.30. The Bertz CT molecular complexity index is 981. The van der Waals surface area contributed by atoms with Crippen LogP contribution in [0.2, 0.25) is 0 Å². The van der Waals surface area contributed by atoms with E-state index in [4.69, 9.17) is 0 Å². The largest absolute Gasteiger partial charge is 0.354 e. The van der Waals surface area contributed by atoms with Gasteiger partial charge >= 0.3 is 0 Å². The highest BCUT2D eigenvalue weighted by Crippen LogP contribution is 2.25. The zero-order valence-electron chi connectivity index (χ0n) is 11.8. The summed E-state index contributed by atoms with van der Waals surface area (Å²) >= 11 is 0. The van der Waals surface area contributed by atoms with Gasteiger partial charge in [0.25, 0.3) is 0 Å². The predicted molar refractivity (Wildman–Crippen MR) is 88.9 cm³/mol. The molecule has 0 saturated heterocycles. The number of hydrogen-bond donors (Lipinski definition) is 1. The van der Waals surface area contributed by atoms with E-state index in [0.29, 0.717) is 0 Å². The minimum absolute atomic E-state index is 0.217.